The smallest absolute Gasteiger partial charge is 0.308 e. The van der Waals surface area contributed by atoms with Crippen molar-refractivity contribution in [2.45, 2.75) is 82.4 Å². The second kappa shape index (κ2) is 10.2. The van der Waals surface area contributed by atoms with Crippen LogP contribution in [0.4, 0.5) is 0 Å². The van der Waals surface area contributed by atoms with E-state index >= 15 is 0 Å². The Morgan fingerprint density at radius 2 is 1.70 bits per heavy atom. The predicted molar refractivity (Wildman–Crippen MR) is 82.5 cm³/mol. The molecule has 1 aliphatic rings. The van der Waals surface area contributed by atoms with Crippen molar-refractivity contribution in [1.29, 1.82) is 0 Å². The summed E-state index contributed by atoms with van der Waals surface area (Å²) in [5.41, 5.74) is 0. The highest BCUT2D eigenvalue weighted by molar-refractivity contribution is 5.69. The molecule has 4 N–H and O–H groups in total. The minimum atomic E-state index is -2.00. The highest BCUT2D eigenvalue weighted by Crippen LogP contribution is 2.32. The normalized spacial score (nSPS) is 30.6. The van der Waals surface area contributed by atoms with Crippen LogP contribution in [0.3, 0.4) is 0 Å². The molecule has 0 aromatic rings. The Hall–Kier alpha value is -0.730. The van der Waals surface area contributed by atoms with E-state index in [4.69, 9.17) is 14.6 Å². The van der Waals surface area contributed by atoms with Crippen molar-refractivity contribution in [3.8, 4) is 0 Å². The molecule has 1 heterocycles. The summed E-state index contributed by atoms with van der Waals surface area (Å²) in [5, 5.41) is 38.1. The van der Waals surface area contributed by atoms with Gasteiger partial charge in [0.25, 0.3) is 5.79 Å². The van der Waals surface area contributed by atoms with Crippen molar-refractivity contribution in [2.75, 3.05) is 13.2 Å². The van der Waals surface area contributed by atoms with Gasteiger partial charge in [-0.3, -0.25) is 4.79 Å². The molecule has 0 aliphatic carbocycles. The number of ether oxygens (including phenoxy) is 2. The summed E-state index contributed by atoms with van der Waals surface area (Å²) in [6.45, 7) is 0.824. The number of esters is 1. The molecular formula is C16H30O7. The number of hydrogen-bond donors (Lipinski definition) is 4. The van der Waals surface area contributed by atoms with Crippen molar-refractivity contribution in [3.05, 3.63) is 0 Å². The van der Waals surface area contributed by atoms with Gasteiger partial charge in [-0.1, -0.05) is 45.4 Å². The van der Waals surface area contributed by atoms with E-state index in [1.165, 1.54) is 19.3 Å². The van der Waals surface area contributed by atoms with Crippen molar-refractivity contribution in [3.63, 3.8) is 0 Å². The molecule has 1 aliphatic heterocycles. The molecule has 1 saturated heterocycles. The monoisotopic (exact) mass is 334 g/mol. The largest absolute Gasteiger partial charge is 0.427 e. The molecule has 7 heteroatoms. The van der Waals surface area contributed by atoms with E-state index < -0.39 is 43.3 Å². The standard InChI is InChI=1S/C16H30O7/c1-2-3-4-5-6-7-8-9-13(19)23-16(11-18)15(21)14(20)12(10-17)22-16/h12,14-15,17-18,20-21H,2-11H2,1H3/t12-,14-,15+,16-/m1/s1. The average molecular weight is 334 g/mol. The van der Waals surface area contributed by atoms with Crippen LogP contribution >= 0.6 is 0 Å². The van der Waals surface area contributed by atoms with Gasteiger partial charge in [0.2, 0.25) is 0 Å². The maximum atomic E-state index is 11.9. The minimum absolute atomic E-state index is 0.158. The molecule has 0 amide bonds. The van der Waals surface area contributed by atoms with Gasteiger partial charge in [-0.15, -0.1) is 0 Å². The first-order chi connectivity index (χ1) is 11.0. The van der Waals surface area contributed by atoms with Gasteiger partial charge in [0.05, 0.1) is 6.61 Å². The van der Waals surface area contributed by atoms with E-state index in [-0.39, 0.29) is 6.42 Å². The van der Waals surface area contributed by atoms with Gasteiger partial charge < -0.3 is 29.9 Å². The number of unbranched alkanes of at least 4 members (excludes halogenated alkanes) is 6. The zero-order valence-corrected chi connectivity index (χ0v) is 13.8. The maximum absolute atomic E-state index is 11.9. The zero-order chi connectivity index (χ0) is 17.3. The topological polar surface area (TPSA) is 116 Å². The third kappa shape index (κ3) is 5.69. The number of carbonyl (C=O) groups excluding carboxylic acids is 1. The summed E-state index contributed by atoms with van der Waals surface area (Å²) in [5.74, 6) is -2.59. The van der Waals surface area contributed by atoms with E-state index in [0.29, 0.717) is 6.42 Å². The summed E-state index contributed by atoms with van der Waals surface area (Å²) in [4.78, 5) is 11.9. The lowest BCUT2D eigenvalue weighted by Crippen LogP contribution is -2.49. The molecule has 0 unspecified atom stereocenters. The highest BCUT2D eigenvalue weighted by atomic mass is 16.8. The lowest BCUT2D eigenvalue weighted by Gasteiger charge is -2.29. The first kappa shape index (κ1) is 20.3. The van der Waals surface area contributed by atoms with Crippen molar-refractivity contribution < 1.29 is 34.7 Å². The molecule has 7 nitrogen and oxygen atoms in total. The van der Waals surface area contributed by atoms with Crippen LogP contribution in [0.5, 0.6) is 0 Å². The Bertz CT molecular complexity index is 349. The molecule has 23 heavy (non-hydrogen) atoms. The molecule has 0 spiro atoms. The second-order valence-corrected chi connectivity index (χ2v) is 6.09. The van der Waals surface area contributed by atoms with E-state index in [9.17, 15) is 20.1 Å². The van der Waals surface area contributed by atoms with Crippen LogP contribution in [0, 0.1) is 0 Å². The van der Waals surface area contributed by atoms with Crippen molar-refractivity contribution in [2.24, 2.45) is 0 Å². The summed E-state index contributed by atoms with van der Waals surface area (Å²) >= 11 is 0. The van der Waals surface area contributed by atoms with Crippen LogP contribution in [0.15, 0.2) is 0 Å². The molecule has 0 radical (unpaired) electrons. The van der Waals surface area contributed by atoms with Gasteiger partial charge in [-0.25, -0.2) is 0 Å². The van der Waals surface area contributed by atoms with Gasteiger partial charge in [0.1, 0.15) is 18.8 Å². The van der Waals surface area contributed by atoms with Gasteiger partial charge in [-0.2, -0.15) is 0 Å². The summed E-state index contributed by atoms with van der Waals surface area (Å²) in [6.07, 6.45) is 3.46. The number of rotatable bonds is 11. The maximum Gasteiger partial charge on any atom is 0.308 e. The van der Waals surface area contributed by atoms with Crippen molar-refractivity contribution >= 4 is 5.97 Å². The van der Waals surface area contributed by atoms with E-state index in [2.05, 4.69) is 6.92 Å². The first-order valence-electron chi connectivity index (χ1n) is 8.48. The minimum Gasteiger partial charge on any atom is -0.427 e. The van der Waals surface area contributed by atoms with Gasteiger partial charge in [0.15, 0.2) is 6.10 Å². The number of aliphatic hydroxyl groups excluding tert-OH is 4. The predicted octanol–water partition coefficient (Wildman–Crippen LogP) is 0.472. The molecule has 136 valence electrons. The van der Waals surface area contributed by atoms with E-state index in [1.54, 1.807) is 0 Å². The summed E-state index contributed by atoms with van der Waals surface area (Å²) in [7, 11) is 0. The van der Waals surface area contributed by atoms with Gasteiger partial charge >= 0.3 is 5.97 Å². The molecule has 0 bridgehead atoms. The van der Waals surface area contributed by atoms with Crippen LogP contribution < -0.4 is 0 Å². The van der Waals surface area contributed by atoms with Crippen LogP contribution in [0.1, 0.15) is 58.3 Å². The highest BCUT2D eigenvalue weighted by Gasteiger charge is 2.56. The molecule has 0 aromatic heterocycles. The third-order valence-corrected chi connectivity index (χ3v) is 4.18. The first-order valence-corrected chi connectivity index (χ1v) is 8.48. The lowest BCUT2D eigenvalue weighted by molar-refractivity contribution is -0.264. The summed E-state index contributed by atoms with van der Waals surface area (Å²) in [6, 6.07) is 0. The Kier molecular flexibility index (Phi) is 9.01. The third-order valence-electron chi connectivity index (χ3n) is 4.18. The van der Waals surface area contributed by atoms with Crippen LogP contribution in [-0.2, 0) is 14.3 Å². The molecule has 1 rings (SSSR count). The Balaban J connectivity index is 2.34. The Morgan fingerprint density at radius 1 is 1.09 bits per heavy atom. The Labute approximate surface area is 137 Å². The lowest BCUT2D eigenvalue weighted by atomic mass is 10.1. The fourth-order valence-corrected chi connectivity index (χ4v) is 2.72. The van der Waals surface area contributed by atoms with Gasteiger partial charge in [-0.05, 0) is 6.42 Å². The number of carbonyl (C=O) groups is 1. The quantitative estimate of drug-likeness (QED) is 0.320. The zero-order valence-electron chi connectivity index (χ0n) is 13.8. The number of aliphatic hydroxyl groups is 4. The fourth-order valence-electron chi connectivity index (χ4n) is 2.72. The van der Waals surface area contributed by atoms with Crippen molar-refractivity contribution in [1.82, 2.24) is 0 Å². The van der Waals surface area contributed by atoms with Crippen LogP contribution in [0.2, 0.25) is 0 Å². The van der Waals surface area contributed by atoms with Gasteiger partial charge in [0, 0.05) is 6.42 Å². The fraction of sp³-hybridized carbons (Fsp3) is 0.938. The molecule has 0 aromatic carbocycles. The molecule has 0 saturated carbocycles. The van der Waals surface area contributed by atoms with E-state index in [1.807, 2.05) is 0 Å². The number of hydrogen-bond acceptors (Lipinski definition) is 7. The summed E-state index contributed by atoms with van der Waals surface area (Å²) < 4.78 is 10.2. The molecule has 1 fully saturated rings. The van der Waals surface area contributed by atoms with E-state index in [0.717, 1.165) is 19.3 Å². The van der Waals surface area contributed by atoms with Crippen LogP contribution in [0.25, 0.3) is 0 Å². The molecule has 4 atom stereocenters. The molecular weight excluding hydrogens is 304 g/mol. The Morgan fingerprint density at radius 3 is 2.22 bits per heavy atom. The average Bonchev–Trinajstić information content (AvgIpc) is 2.79. The SMILES string of the molecule is CCCCCCCCCC(=O)O[C@@]1(CO)O[C@H](CO)[C@@H](O)[C@@H]1O. The van der Waals surface area contributed by atoms with Crippen LogP contribution in [-0.4, -0.2) is 63.7 Å². The second-order valence-electron chi connectivity index (χ2n) is 6.09.